The van der Waals surface area contributed by atoms with Crippen molar-refractivity contribution in [1.82, 2.24) is 30.0 Å². The Kier molecular flexibility index (Phi) is 7.51. The first-order chi connectivity index (χ1) is 17.2. The number of aryl methyl sites for hydroxylation is 1. The molecule has 4 aromatic rings. The van der Waals surface area contributed by atoms with Crippen molar-refractivity contribution in [2.45, 2.75) is 37.8 Å². The number of halogens is 1. The van der Waals surface area contributed by atoms with Gasteiger partial charge in [-0.3, -0.25) is 9.47 Å². The van der Waals surface area contributed by atoms with Gasteiger partial charge < -0.3 is 15.0 Å². The van der Waals surface area contributed by atoms with Gasteiger partial charge >= 0.3 is 0 Å². The second kappa shape index (κ2) is 11.1. The predicted octanol–water partition coefficient (Wildman–Crippen LogP) is 3.74. The van der Waals surface area contributed by atoms with Crippen LogP contribution in [-0.4, -0.2) is 70.1 Å². The van der Waals surface area contributed by atoms with Gasteiger partial charge in [0.1, 0.15) is 18.5 Å². The summed E-state index contributed by atoms with van der Waals surface area (Å²) in [5.41, 5.74) is 4.70. The third-order valence-electron chi connectivity index (χ3n) is 7.06. The van der Waals surface area contributed by atoms with Crippen LogP contribution in [0.1, 0.15) is 24.0 Å². The minimum Gasteiger partial charge on any atom is -0.383 e. The number of nitrogens with zero attached hydrogens (tertiary/aromatic N) is 4. The lowest BCUT2D eigenvalue weighted by Crippen LogP contribution is -2.56. The molecule has 0 radical (unpaired) electrons. The third kappa shape index (κ3) is 5.61. The van der Waals surface area contributed by atoms with E-state index >= 15 is 0 Å². The zero-order valence-corrected chi connectivity index (χ0v) is 20.2. The molecule has 1 fully saturated rings. The molecule has 35 heavy (non-hydrogen) atoms. The smallest absolute Gasteiger partial charge is 0.123 e. The van der Waals surface area contributed by atoms with Crippen LogP contribution in [0.2, 0.25) is 0 Å². The summed E-state index contributed by atoms with van der Waals surface area (Å²) in [4.78, 5) is 6.02. The Hall–Kier alpha value is -3.07. The zero-order chi connectivity index (χ0) is 24.0. The molecule has 2 atom stereocenters. The lowest BCUT2D eigenvalue weighted by molar-refractivity contribution is 0.0432. The topological polar surface area (TPSA) is 71.0 Å². The van der Waals surface area contributed by atoms with E-state index in [0.29, 0.717) is 12.6 Å². The molecule has 2 N–H and O–H groups in total. The normalized spacial score (nSPS) is 17.7. The average molecular weight is 477 g/mol. The van der Waals surface area contributed by atoms with Crippen molar-refractivity contribution in [1.29, 1.82) is 0 Å². The van der Waals surface area contributed by atoms with Crippen LogP contribution < -0.4 is 5.32 Å². The zero-order valence-electron chi connectivity index (χ0n) is 20.2. The lowest BCUT2D eigenvalue weighted by atomic mass is 9.98. The molecule has 1 aliphatic rings. The number of fused-ring (bicyclic) bond motifs is 1. The fraction of sp³-hybridized carbons (Fsp3) is 0.407. The number of benzene rings is 2. The van der Waals surface area contributed by atoms with Gasteiger partial charge in [0.05, 0.1) is 6.61 Å². The fourth-order valence-corrected chi connectivity index (χ4v) is 5.28. The Labute approximate surface area is 205 Å². The van der Waals surface area contributed by atoms with E-state index in [1.807, 2.05) is 16.7 Å². The Bertz CT molecular complexity index is 1210. The second-order valence-electron chi connectivity index (χ2n) is 9.34. The minimum absolute atomic E-state index is 0.191. The number of ether oxygens (including phenoxy) is 1. The SMILES string of the molecule is COCC(Cc1ccc(F)cc1)N1CCNCC1CCCc1c[nH]c2ccc(-n3cnnc3)cc12. The van der Waals surface area contributed by atoms with Crippen molar-refractivity contribution in [3.63, 3.8) is 0 Å². The van der Waals surface area contributed by atoms with Crippen LogP contribution in [0.25, 0.3) is 16.6 Å². The van der Waals surface area contributed by atoms with E-state index in [-0.39, 0.29) is 11.9 Å². The van der Waals surface area contributed by atoms with Gasteiger partial charge in [-0.2, -0.15) is 0 Å². The highest BCUT2D eigenvalue weighted by Gasteiger charge is 2.28. The summed E-state index contributed by atoms with van der Waals surface area (Å²) < 4.78 is 20.9. The maximum absolute atomic E-state index is 13.4. The van der Waals surface area contributed by atoms with Gasteiger partial charge in [-0.25, -0.2) is 4.39 Å². The third-order valence-corrected chi connectivity index (χ3v) is 7.06. The molecule has 0 amide bonds. The molecule has 3 heterocycles. The summed E-state index contributed by atoms with van der Waals surface area (Å²) in [5, 5.41) is 12.7. The first kappa shape index (κ1) is 23.7. The summed E-state index contributed by atoms with van der Waals surface area (Å²) in [7, 11) is 1.76. The van der Waals surface area contributed by atoms with Crippen LogP contribution in [0.4, 0.5) is 4.39 Å². The van der Waals surface area contributed by atoms with Crippen molar-refractivity contribution in [3.8, 4) is 5.69 Å². The Morgan fingerprint density at radius 1 is 1.14 bits per heavy atom. The molecule has 7 nitrogen and oxygen atoms in total. The summed E-state index contributed by atoms with van der Waals surface area (Å²) >= 11 is 0. The Morgan fingerprint density at radius 2 is 1.97 bits per heavy atom. The highest BCUT2D eigenvalue weighted by Crippen LogP contribution is 2.25. The predicted molar refractivity (Wildman–Crippen MR) is 135 cm³/mol. The second-order valence-corrected chi connectivity index (χ2v) is 9.34. The number of H-pyrrole nitrogens is 1. The van der Waals surface area contributed by atoms with E-state index in [1.54, 1.807) is 31.9 Å². The van der Waals surface area contributed by atoms with Crippen LogP contribution in [0.5, 0.6) is 0 Å². The quantitative estimate of drug-likeness (QED) is 0.365. The van der Waals surface area contributed by atoms with Crippen molar-refractivity contribution >= 4 is 10.9 Å². The molecule has 2 unspecified atom stereocenters. The lowest BCUT2D eigenvalue weighted by Gasteiger charge is -2.41. The summed E-state index contributed by atoms with van der Waals surface area (Å²) in [6.07, 6.45) is 9.67. The van der Waals surface area contributed by atoms with E-state index in [1.165, 1.54) is 10.9 Å². The van der Waals surface area contributed by atoms with Crippen molar-refractivity contribution in [2.24, 2.45) is 0 Å². The molecular weight excluding hydrogens is 443 g/mol. The van der Waals surface area contributed by atoms with Crippen LogP contribution in [0.3, 0.4) is 0 Å². The average Bonchev–Trinajstić information content (AvgIpc) is 3.56. The number of hydrogen-bond donors (Lipinski definition) is 2. The maximum Gasteiger partial charge on any atom is 0.123 e. The first-order valence-corrected chi connectivity index (χ1v) is 12.4. The van der Waals surface area contributed by atoms with Gasteiger partial charge in [-0.05, 0) is 67.1 Å². The van der Waals surface area contributed by atoms with Crippen molar-refractivity contribution in [2.75, 3.05) is 33.4 Å². The van der Waals surface area contributed by atoms with Gasteiger partial charge in [0.15, 0.2) is 0 Å². The summed E-state index contributed by atoms with van der Waals surface area (Å²) in [6.45, 7) is 3.63. The molecule has 0 saturated carbocycles. The standard InChI is InChI=1S/C27H33FN6O/c1-35-17-25(13-20-5-7-22(28)8-6-20)34-12-11-29-16-24(34)4-2-3-21-15-30-27-10-9-23(14-26(21)27)33-18-31-32-19-33/h5-10,14-15,18-19,24-25,29-30H,2-4,11-13,16-17H2,1H3. The molecule has 1 aliphatic heterocycles. The van der Waals surface area contributed by atoms with E-state index in [4.69, 9.17) is 4.74 Å². The highest BCUT2D eigenvalue weighted by molar-refractivity contribution is 5.85. The molecule has 0 bridgehead atoms. The van der Waals surface area contributed by atoms with E-state index in [0.717, 1.165) is 62.1 Å². The molecule has 0 aliphatic carbocycles. The van der Waals surface area contributed by atoms with Gasteiger partial charge in [-0.1, -0.05) is 12.1 Å². The number of aromatic amines is 1. The molecule has 0 spiro atoms. The molecule has 5 rings (SSSR count). The molecular formula is C27H33FN6O. The van der Waals surface area contributed by atoms with E-state index in [9.17, 15) is 4.39 Å². The first-order valence-electron chi connectivity index (χ1n) is 12.4. The van der Waals surface area contributed by atoms with Gasteiger partial charge in [0.25, 0.3) is 0 Å². The monoisotopic (exact) mass is 476 g/mol. The van der Waals surface area contributed by atoms with Gasteiger partial charge in [0, 0.05) is 61.6 Å². The van der Waals surface area contributed by atoms with Crippen LogP contribution in [0, 0.1) is 5.82 Å². The van der Waals surface area contributed by atoms with Crippen LogP contribution in [-0.2, 0) is 17.6 Å². The number of rotatable bonds is 10. The van der Waals surface area contributed by atoms with Gasteiger partial charge in [-0.15, -0.1) is 10.2 Å². The van der Waals surface area contributed by atoms with Crippen LogP contribution >= 0.6 is 0 Å². The van der Waals surface area contributed by atoms with E-state index in [2.05, 4.69) is 49.8 Å². The summed E-state index contributed by atoms with van der Waals surface area (Å²) in [6, 6.07) is 14.0. The largest absolute Gasteiger partial charge is 0.383 e. The maximum atomic E-state index is 13.4. The molecule has 2 aromatic heterocycles. The fourth-order valence-electron chi connectivity index (χ4n) is 5.28. The molecule has 8 heteroatoms. The van der Waals surface area contributed by atoms with Crippen molar-refractivity contribution < 1.29 is 9.13 Å². The number of hydrogen-bond acceptors (Lipinski definition) is 5. The van der Waals surface area contributed by atoms with Gasteiger partial charge in [0.2, 0.25) is 0 Å². The van der Waals surface area contributed by atoms with E-state index < -0.39 is 0 Å². The Balaban J connectivity index is 1.25. The number of piperazine rings is 1. The highest BCUT2D eigenvalue weighted by atomic mass is 19.1. The number of nitrogens with one attached hydrogen (secondary N) is 2. The number of methoxy groups -OCH3 is 1. The minimum atomic E-state index is -0.191. The summed E-state index contributed by atoms with van der Waals surface area (Å²) in [5.74, 6) is -0.191. The molecule has 184 valence electrons. The molecule has 2 aromatic carbocycles. The molecule has 1 saturated heterocycles. The number of aromatic nitrogens is 4. The van der Waals surface area contributed by atoms with Crippen molar-refractivity contribution in [3.05, 3.63) is 78.3 Å². The van der Waals surface area contributed by atoms with Crippen LogP contribution in [0.15, 0.2) is 61.3 Å². The Morgan fingerprint density at radius 3 is 2.77 bits per heavy atom.